The summed E-state index contributed by atoms with van der Waals surface area (Å²) >= 11 is 4.52. The number of halogens is 1. The van der Waals surface area contributed by atoms with Crippen molar-refractivity contribution in [3.8, 4) is 5.75 Å². The molecule has 0 fully saturated rings. The van der Waals surface area contributed by atoms with Crippen LogP contribution in [-0.2, 0) is 6.61 Å². The number of nitrogens with zero attached hydrogens (tertiary/aromatic N) is 3. The molecule has 19 heavy (non-hydrogen) atoms. The lowest BCUT2D eigenvalue weighted by Crippen LogP contribution is -1.99. The Morgan fingerprint density at radius 1 is 1.53 bits per heavy atom. The Hall–Kier alpha value is -1.74. The van der Waals surface area contributed by atoms with Crippen LogP contribution < -0.4 is 10.1 Å². The molecule has 0 aliphatic carbocycles. The van der Waals surface area contributed by atoms with Crippen molar-refractivity contribution in [3.63, 3.8) is 0 Å². The van der Waals surface area contributed by atoms with Gasteiger partial charge in [0.15, 0.2) is 10.8 Å². The van der Waals surface area contributed by atoms with E-state index in [0.717, 1.165) is 0 Å². The molecule has 0 saturated carbocycles. The van der Waals surface area contributed by atoms with Crippen LogP contribution in [-0.4, -0.2) is 22.2 Å². The Morgan fingerprint density at radius 2 is 2.32 bits per heavy atom. The quantitative estimate of drug-likeness (QED) is 0.662. The fourth-order valence-electron chi connectivity index (χ4n) is 1.31. The maximum Gasteiger partial charge on any atom is 0.312 e. The van der Waals surface area contributed by atoms with E-state index in [1.165, 1.54) is 17.4 Å². The molecule has 1 aromatic carbocycles. The molecule has 2 rings (SSSR count). The van der Waals surface area contributed by atoms with Gasteiger partial charge in [-0.3, -0.25) is 10.1 Å². The maximum absolute atomic E-state index is 10.9. The SMILES string of the molecule is CNc1nnc(COc2ccc(Br)cc2[N+](=O)[O-])s1. The summed E-state index contributed by atoms with van der Waals surface area (Å²) in [5.74, 6) is 0.203. The van der Waals surface area contributed by atoms with Gasteiger partial charge in [-0.25, -0.2) is 0 Å². The molecule has 2 aromatic rings. The van der Waals surface area contributed by atoms with E-state index in [-0.39, 0.29) is 18.0 Å². The van der Waals surface area contributed by atoms with Crippen LogP contribution in [0.1, 0.15) is 5.01 Å². The second-order valence-electron chi connectivity index (χ2n) is 3.41. The van der Waals surface area contributed by atoms with Gasteiger partial charge in [0.2, 0.25) is 5.13 Å². The van der Waals surface area contributed by atoms with Crippen molar-refractivity contribution in [2.24, 2.45) is 0 Å². The molecule has 0 spiro atoms. The van der Waals surface area contributed by atoms with Crippen LogP contribution in [0.15, 0.2) is 22.7 Å². The predicted molar refractivity (Wildman–Crippen MR) is 74.6 cm³/mol. The summed E-state index contributed by atoms with van der Waals surface area (Å²) in [6, 6.07) is 4.62. The Balaban J connectivity index is 2.12. The van der Waals surface area contributed by atoms with Crippen LogP contribution >= 0.6 is 27.3 Å². The summed E-state index contributed by atoms with van der Waals surface area (Å²) in [4.78, 5) is 10.4. The third-order valence-corrected chi connectivity index (χ3v) is 3.56. The van der Waals surface area contributed by atoms with Gasteiger partial charge < -0.3 is 10.1 Å². The third-order valence-electron chi connectivity index (χ3n) is 2.15. The van der Waals surface area contributed by atoms with Crippen LogP contribution in [0, 0.1) is 10.1 Å². The van der Waals surface area contributed by atoms with Gasteiger partial charge in [-0.15, -0.1) is 10.2 Å². The molecule has 0 bridgehead atoms. The number of ether oxygens (including phenoxy) is 1. The van der Waals surface area contributed by atoms with E-state index >= 15 is 0 Å². The van der Waals surface area contributed by atoms with E-state index in [1.807, 2.05) is 0 Å². The lowest BCUT2D eigenvalue weighted by Gasteiger charge is -2.04. The standard InChI is InChI=1S/C10H9BrN4O3S/c1-12-10-14-13-9(19-10)5-18-8-3-2-6(11)4-7(8)15(16)17/h2-4H,5H2,1H3,(H,12,14). The number of hydrogen-bond donors (Lipinski definition) is 1. The van der Waals surface area contributed by atoms with Crippen LogP contribution in [0.3, 0.4) is 0 Å². The molecule has 0 radical (unpaired) electrons. The van der Waals surface area contributed by atoms with Gasteiger partial charge in [0.05, 0.1) is 4.92 Å². The summed E-state index contributed by atoms with van der Waals surface area (Å²) in [7, 11) is 1.74. The molecule has 1 N–H and O–H groups in total. The average Bonchev–Trinajstić information content (AvgIpc) is 2.85. The van der Waals surface area contributed by atoms with Gasteiger partial charge in [0.25, 0.3) is 0 Å². The van der Waals surface area contributed by atoms with Crippen molar-refractivity contribution in [2.45, 2.75) is 6.61 Å². The number of hydrogen-bond acceptors (Lipinski definition) is 7. The zero-order chi connectivity index (χ0) is 13.8. The fourth-order valence-corrected chi connectivity index (χ4v) is 2.26. The van der Waals surface area contributed by atoms with Crippen molar-refractivity contribution in [2.75, 3.05) is 12.4 Å². The molecule has 0 aliphatic heterocycles. The first kappa shape index (κ1) is 13.7. The van der Waals surface area contributed by atoms with E-state index in [2.05, 4.69) is 31.4 Å². The molecule has 0 unspecified atom stereocenters. The Morgan fingerprint density at radius 3 is 2.95 bits per heavy atom. The minimum Gasteiger partial charge on any atom is -0.479 e. The molecule has 100 valence electrons. The number of rotatable bonds is 5. The monoisotopic (exact) mass is 344 g/mol. The molecule has 1 aromatic heterocycles. The van der Waals surface area contributed by atoms with Crippen LogP contribution in [0.4, 0.5) is 10.8 Å². The van der Waals surface area contributed by atoms with E-state index in [9.17, 15) is 10.1 Å². The first-order valence-corrected chi connectivity index (χ1v) is 6.78. The third kappa shape index (κ3) is 3.38. The largest absolute Gasteiger partial charge is 0.479 e. The van der Waals surface area contributed by atoms with E-state index in [4.69, 9.17) is 4.74 Å². The summed E-state index contributed by atoms with van der Waals surface area (Å²) in [6.45, 7) is 0.141. The van der Waals surface area contributed by atoms with Crippen LogP contribution in [0.5, 0.6) is 5.75 Å². The van der Waals surface area contributed by atoms with E-state index < -0.39 is 4.92 Å². The maximum atomic E-state index is 10.9. The van der Waals surface area contributed by atoms with Crippen molar-refractivity contribution in [1.29, 1.82) is 0 Å². The van der Waals surface area contributed by atoms with Gasteiger partial charge in [-0.1, -0.05) is 27.3 Å². The molecular formula is C10H9BrN4O3S. The van der Waals surface area contributed by atoms with Crippen molar-refractivity contribution in [3.05, 3.63) is 37.8 Å². The Labute approximate surface area is 120 Å². The van der Waals surface area contributed by atoms with Crippen molar-refractivity contribution < 1.29 is 9.66 Å². The normalized spacial score (nSPS) is 10.2. The van der Waals surface area contributed by atoms with E-state index in [0.29, 0.717) is 14.6 Å². The lowest BCUT2D eigenvalue weighted by atomic mass is 10.3. The summed E-state index contributed by atoms with van der Waals surface area (Å²) < 4.78 is 6.04. The number of anilines is 1. The number of aromatic nitrogens is 2. The van der Waals surface area contributed by atoms with Gasteiger partial charge >= 0.3 is 5.69 Å². The minimum absolute atomic E-state index is 0.0901. The fraction of sp³-hybridized carbons (Fsp3) is 0.200. The molecular weight excluding hydrogens is 336 g/mol. The van der Waals surface area contributed by atoms with Gasteiger partial charge in [0, 0.05) is 17.6 Å². The second-order valence-corrected chi connectivity index (χ2v) is 5.39. The van der Waals surface area contributed by atoms with Crippen molar-refractivity contribution in [1.82, 2.24) is 10.2 Å². The smallest absolute Gasteiger partial charge is 0.312 e. The first-order chi connectivity index (χ1) is 9.10. The molecule has 0 atom stereocenters. The zero-order valence-corrected chi connectivity index (χ0v) is 12.2. The highest BCUT2D eigenvalue weighted by atomic mass is 79.9. The van der Waals surface area contributed by atoms with Crippen molar-refractivity contribution >= 4 is 38.1 Å². The minimum atomic E-state index is -0.487. The number of nitro benzene ring substituents is 1. The summed E-state index contributed by atoms with van der Waals surface area (Å²) in [5.41, 5.74) is -0.0901. The van der Waals surface area contributed by atoms with E-state index in [1.54, 1.807) is 19.2 Å². The Kier molecular flexibility index (Phi) is 4.27. The zero-order valence-electron chi connectivity index (χ0n) is 9.79. The molecule has 1 heterocycles. The van der Waals surface area contributed by atoms with Crippen LogP contribution in [0.2, 0.25) is 0 Å². The number of nitrogens with one attached hydrogen (secondary N) is 1. The predicted octanol–water partition coefficient (Wildman–Crippen LogP) is 2.83. The average molecular weight is 345 g/mol. The highest BCUT2D eigenvalue weighted by Crippen LogP contribution is 2.31. The van der Waals surface area contributed by atoms with Gasteiger partial charge in [0.1, 0.15) is 6.61 Å². The number of benzene rings is 1. The highest BCUT2D eigenvalue weighted by Gasteiger charge is 2.16. The molecule has 0 saturated heterocycles. The molecule has 7 nitrogen and oxygen atoms in total. The topological polar surface area (TPSA) is 90.2 Å². The molecule has 0 aliphatic rings. The Bertz CT molecular complexity index is 604. The molecule has 9 heteroatoms. The molecule has 0 amide bonds. The van der Waals surface area contributed by atoms with Crippen LogP contribution in [0.25, 0.3) is 0 Å². The first-order valence-electron chi connectivity index (χ1n) is 5.17. The lowest BCUT2D eigenvalue weighted by molar-refractivity contribution is -0.386. The highest BCUT2D eigenvalue weighted by molar-refractivity contribution is 9.10. The van der Waals surface area contributed by atoms with Gasteiger partial charge in [-0.05, 0) is 12.1 Å². The number of nitro groups is 1. The summed E-state index contributed by atoms with van der Waals surface area (Å²) in [6.07, 6.45) is 0. The van der Waals surface area contributed by atoms with Gasteiger partial charge in [-0.2, -0.15) is 0 Å². The summed E-state index contributed by atoms with van der Waals surface area (Å²) in [5, 5.41) is 22.8. The second kappa shape index (κ2) is 5.93.